The van der Waals surface area contributed by atoms with E-state index in [1.54, 1.807) is 18.8 Å². The molecule has 12 fully saturated rings. The summed E-state index contributed by atoms with van der Waals surface area (Å²) in [4.78, 5) is 19.7. The van der Waals surface area contributed by atoms with Gasteiger partial charge in [-0.1, -0.05) is 66.7 Å². The summed E-state index contributed by atoms with van der Waals surface area (Å²) in [6.07, 6.45) is 43.9. The number of oxazole rings is 1. The predicted octanol–water partition coefficient (Wildman–Crippen LogP) is 7.37. The first-order valence-electron chi connectivity index (χ1n) is 50.1. The number of rotatable bonds is 23. The number of imidazole rings is 2. The SMILES string of the molecule is NC12CCC(N)(CC1)C2.NC12CCC(N)(CC1)CC2.NC1CCC(N)CC1.NCC12CCC(CN)(CC1)CC2.NCC12CCC(N)(CC1)CC2.NCCc1cccc(CCN)n1.NCCc1cn(CCN)cn1.NCCc1cnc(CN)[nH]1.NCCc1coc(CN)n1.NCOCCOCN.Nc1ccc(-c2ccc(N)cc2)cc1.Nc1ccc2cc(N)ccc2c1.Nc1cccc2c(N)cccc12. The Hall–Kier alpha value is -9.46. The molecule has 0 radical (unpaired) electrons. The summed E-state index contributed by atoms with van der Waals surface area (Å²) >= 11 is 0. The lowest BCUT2D eigenvalue weighted by molar-refractivity contribution is 0.00316. The Morgan fingerprint density at radius 1 is 0.367 bits per heavy atom. The van der Waals surface area contributed by atoms with Crippen LogP contribution in [-0.4, -0.2) is 155 Å². The van der Waals surface area contributed by atoms with Crippen LogP contribution in [0.15, 0.2) is 169 Å². The van der Waals surface area contributed by atoms with E-state index < -0.39 is 0 Å². The van der Waals surface area contributed by atoms with Crippen LogP contribution in [0.2, 0.25) is 0 Å². The quantitative estimate of drug-likeness (QED) is 0.0169. The highest BCUT2D eigenvalue weighted by molar-refractivity contribution is 5.99. The van der Waals surface area contributed by atoms with Crippen LogP contribution in [0.1, 0.15) is 214 Å². The number of hydrogen-bond donors (Lipinski definition) is 27. The van der Waals surface area contributed by atoms with E-state index in [0.717, 1.165) is 256 Å². The van der Waals surface area contributed by atoms with Crippen molar-refractivity contribution in [2.75, 3.05) is 120 Å². The molecule has 0 amide bonds. The van der Waals surface area contributed by atoms with E-state index in [-0.39, 0.29) is 41.2 Å². The third-order valence-corrected chi connectivity index (χ3v) is 28.7. The van der Waals surface area contributed by atoms with Crippen LogP contribution in [0.3, 0.4) is 0 Å². The second-order valence-corrected chi connectivity index (χ2v) is 39.5. The van der Waals surface area contributed by atoms with Gasteiger partial charge in [0.1, 0.15) is 12.1 Å². The minimum Gasteiger partial charge on any atom is -0.447 e. The number of anilines is 6. The number of ether oxygens (including phenoxy) is 2. The first kappa shape index (κ1) is 117. The first-order valence-corrected chi connectivity index (χ1v) is 50.1. The number of nitrogens with two attached hydrogens (primary N) is 26. The van der Waals surface area contributed by atoms with Crippen LogP contribution in [0, 0.1) is 16.2 Å². The van der Waals surface area contributed by atoms with E-state index in [1.165, 1.54) is 77.0 Å². The standard InChI is InChI=1S/C12H12N2.2C10H10N2.C10H20N2.C9H15N3.C9H18N2.C8H16N2.C7H14N4.C7H14N2.C6H12N4.C6H11N3O.C6H14N2.C4H12N2O2/c13-11-5-1-9(2-6-11)10-3-7-12(14)8-4-10;11-9-3-1-7-5-10(12)4-2-8(7)6-9;11-9-5-1-3-7-8(9)4-2-6-10(7)12;11-7-9-1-2-10(8-12,5-3-9)6-4-9;10-6-4-8-2-1-3-9(12-8)5-7-11;10-7-8-1-4-9(11,5-2-8)6-3-8;9-7-1-2-8(10,5-3-7)6-4-7;8-2-1-7-5-11(4-3-9)6-10-7;8-6-1-2-7(9,5-6)4-3-6;7-2-1-5-4-9-6(3-8)10-5;7-2-1-5-4-10-6(3-8)9-5;7-5-1-2-6(8)4-3-5;5-3-7-1-2-8-4-6/h1-8H,13-14H2;2*1-6H,11-12H2;1-8,11-12H2;1-3H,4-7,10-11H2;1-7,10-11H2;1-6,9-10H2;5-6H,1-4,8-9H2;1-5,8-9H2;4H,1-3,7-8H2,(H,9,10);4H,1-3,7-8H2;5-6H,1-4,7-8H2;1-6H2. The molecule has 0 saturated heterocycles. The maximum Gasteiger partial charge on any atom is 0.207 e. The van der Waals surface area contributed by atoms with E-state index in [4.69, 9.17) is 163 Å². The second-order valence-electron chi connectivity index (χ2n) is 39.5. The van der Waals surface area contributed by atoms with E-state index >= 15 is 0 Å². The molecular formula is C104H178N32O3. The molecule has 0 aliphatic heterocycles. The normalized spacial score (nSPS) is 24.3. The summed E-state index contributed by atoms with van der Waals surface area (Å²) in [5.41, 5.74) is 160. The number of nitrogens with zero attached hydrogens (tertiary/aromatic N) is 5. The van der Waals surface area contributed by atoms with Gasteiger partial charge >= 0.3 is 0 Å². The van der Waals surface area contributed by atoms with Crippen LogP contribution < -0.4 is 149 Å². The molecule has 22 rings (SSSR count). The summed E-state index contributed by atoms with van der Waals surface area (Å²) in [6, 6.07) is 45.5. The number of pyridine rings is 1. The monoisotopic (exact) mass is 1920 g/mol. The summed E-state index contributed by atoms with van der Waals surface area (Å²) < 4.78 is 16.4. The summed E-state index contributed by atoms with van der Waals surface area (Å²) in [6.45, 7) is 9.69. The molecule has 12 aliphatic rings. The van der Waals surface area contributed by atoms with Crippen molar-refractivity contribution in [3.63, 3.8) is 0 Å². The van der Waals surface area contributed by atoms with Gasteiger partial charge in [-0.05, 0) is 337 Å². The van der Waals surface area contributed by atoms with Gasteiger partial charge < -0.3 is 173 Å². The fraction of sp³-hybridized carbons (Fsp3) is 0.558. The maximum atomic E-state index is 6.17. The molecule has 12 aliphatic carbocycles. The summed E-state index contributed by atoms with van der Waals surface area (Å²) in [7, 11) is 0. The highest BCUT2D eigenvalue weighted by Crippen LogP contribution is 2.56. The van der Waals surface area contributed by atoms with Gasteiger partial charge in [0.15, 0.2) is 0 Å². The fourth-order valence-electron chi connectivity index (χ4n) is 19.1. The van der Waals surface area contributed by atoms with Gasteiger partial charge in [-0.15, -0.1) is 0 Å². The van der Waals surface area contributed by atoms with E-state index in [1.807, 2.05) is 150 Å². The molecule has 4 aromatic heterocycles. The van der Waals surface area contributed by atoms with Crippen molar-refractivity contribution in [2.45, 2.75) is 265 Å². The summed E-state index contributed by atoms with van der Waals surface area (Å²) in [5.74, 6) is 1.40. The Morgan fingerprint density at radius 3 is 1.06 bits per heavy atom. The van der Waals surface area contributed by atoms with E-state index in [9.17, 15) is 0 Å². The molecule has 4 heterocycles. The van der Waals surface area contributed by atoms with Gasteiger partial charge in [-0.25, -0.2) is 15.0 Å². The van der Waals surface area contributed by atoms with Crippen molar-refractivity contribution in [3.8, 4) is 11.1 Å². The van der Waals surface area contributed by atoms with Crippen molar-refractivity contribution in [1.82, 2.24) is 29.5 Å². The topological polar surface area (TPSA) is 780 Å². The minimum atomic E-state index is 0.148. The number of benzene rings is 6. The number of aromatic amines is 1. The van der Waals surface area contributed by atoms with Crippen LogP contribution in [0.5, 0.6) is 0 Å². The zero-order valence-corrected chi connectivity index (χ0v) is 83.2. The fourth-order valence-corrected chi connectivity index (χ4v) is 19.1. The Morgan fingerprint density at radius 2 is 0.727 bits per heavy atom. The largest absolute Gasteiger partial charge is 0.447 e. The number of H-pyrrole nitrogens is 1. The molecule has 0 atom stereocenters. The third kappa shape index (κ3) is 40.1. The molecule has 10 aromatic rings. The highest BCUT2D eigenvalue weighted by atomic mass is 16.5. The molecule has 0 spiro atoms. The maximum absolute atomic E-state index is 6.17. The Bertz CT molecular complexity index is 4680. The minimum absolute atomic E-state index is 0.148. The Balaban J connectivity index is 0.000000205. The van der Waals surface area contributed by atoms with Gasteiger partial charge in [0.25, 0.3) is 0 Å². The van der Waals surface area contributed by atoms with Crippen molar-refractivity contribution < 1.29 is 13.9 Å². The molecule has 139 heavy (non-hydrogen) atoms. The second kappa shape index (κ2) is 59.4. The molecule has 6 aromatic carbocycles. The van der Waals surface area contributed by atoms with Crippen LogP contribution in [-0.2, 0) is 61.2 Å². The Labute approximate surface area is 826 Å². The van der Waals surface area contributed by atoms with Gasteiger partial charge in [0.2, 0.25) is 5.89 Å². The zero-order valence-electron chi connectivity index (χ0n) is 83.2. The molecule has 772 valence electrons. The molecule has 8 bridgehead atoms. The molecule has 0 unspecified atom stereocenters. The predicted molar refractivity (Wildman–Crippen MR) is 576 cm³/mol. The van der Waals surface area contributed by atoms with E-state index in [2.05, 4.69) is 24.9 Å². The smallest absolute Gasteiger partial charge is 0.207 e. The Kier molecular flexibility index (Phi) is 49.8. The molecule has 12 saturated carbocycles. The van der Waals surface area contributed by atoms with E-state index in [0.29, 0.717) is 99.8 Å². The number of nitrogens with one attached hydrogen (secondary N) is 1. The van der Waals surface area contributed by atoms with Crippen LogP contribution >= 0.6 is 0 Å². The van der Waals surface area contributed by atoms with Crippen molar-refractivity contribution in [3.05, 3.63) is 205 Å². The number of aromatic nitrogens is 6. The van der Waals surface area contributed by atoms with Gasteiger partial charge in [-0.3, -0.25) is 4.98 Å². The first-order chi connectivity index (χ1) is 66.6. The molecular weight excluding hydrogens is 1750 g/mol. The summed E-state index contributed by atoms with van der Waals surface area (Å²) in [5, 5.41) is 4.31. The van der Waals surface area contributed by atoms with Crippen molar-refractivity contribution in [1.29, 1.82) is 0 Å². The lowest BCUT2D eigenvalue weighted by Gasteiger charge is -2.53. The number of hydrogen-bond acceptors (Lipinski definition) is 33. The average Bonchev–Trinajstić information content (AvgIpc) is 1.69. The highest BCUT2D eigenvalue weighted by Gasteiger charge is 2.51. The molecule has 53 N–H and O–H groups in total. The lowest BCUT2D eigenvalue weighted by atomic mass is 9.54. The molecule has 35 nitrogen and oxygen atoms in total. The van der Waals surface area contributed by atoms with Crippen LogP contribution in [0.4, 0.5) is 34.1 Å². The number of nitrogen functional groups attached to an aromatic ring is 6. The number of fused-ring (bicyclic) bond motifs is 13. The van der Waals surface area contributed by atoms with Gasteiger partial charge in [-0.2, -0.15) is 0 Å². The third-order valence-electron chi connectivity index (χ3n) is 28.7. The van der Waals surface area contributed by atoms with Crippen LogP contribution in [0.25, 0.3) is 32.7 Å². The van der Waals surface area contributed by atoms with Gasteiger partial charge in [0.05, 0.1) is 57.5 Å². The average molecular weight is 1920 g/mol. The lowest BCUT2D eigenvalue weighted by Crippen LogP contribution is -2.58. The zero-order chi connectivity index (χ0) is 101. The molecule has 35 heteroatoms. The van der Waals surface area contributed by atoms with Crippen molar-refractivity contribution in [2.24, 2.45) is 131 Å². The van der Waals surface area contributed by atoms with Crippen molar-refractivity contribution >= 4 is 55.7 Å². The van der Waals surface area contributed by atoms with Gasteiger partial charge in [0, 0.05) is 159 Å².